The smallest absolute Gasteiger partial charge is 0.418 e. The third kappa shape index (κ3) is 7.32. The number of piperidine rings is 2. The van der Waals surface area contributed by atoms with E-state index in [0.717, 1.165) is 25.0 Å². The van der Waals surface area contributed by atoms with Crippen LogP contribution in [0.15, 0.2) is 42.6 Å². The molecule has 0 radical (unpaired) electrons. The van der Waals surface area contributed by atoms with Gasteiger partial charge >= 0.3 is 12.1 Å². The van der Waals surface area contributed by atoms with Crippen molar-refractivity contribution in [2.45, 2.75) is 95.1 Å². The molecule has 3 fully saturated rings. The standard InChI is InChI=1S/C34H42F3N3O6/c1-2-7-27-24(8-6-17-40(27)32(44)30-26(34(35,36)37)10-5-16-38-30)31(43)39-18-14-33(45,15-19-39)25-9-3-4-11-28(25)46-23-13-12-22(20-23)21-29(41)42/h3-5,9-11,16,22-24,27,45H,2,6-8,12-15,17-21H2,1H3,(H,41,42)/t22-,23-,24+,27+/m0/s1. The van der Waals surface area contributed by atoms with Gasteiger partial charge in [0.2, 0.25) is 5.91 Å². The van der Waals surface area contributed by atoms with Gasteiger partial charge in [0.15, 0.2) is 0 Å². The van der Waals surface area contributed by atoms with Crippen LogP contribution in [0.4, 0.5) is 13.2 Å². The number of nitrogens with zero attached hydrogens (tertiary/aromatic N) is 3. The van der Waals surface area contributed by atoms with E-state index in [1.807, 2.05) is 31.2 Å². The zero-order valence-corrected chi connectivity index (χ0v) is 26.0. The van der Waals surface area contributed by atoms with Crippen LogP contribution in [0.2, 0.25) is 0 Å². The Morgan fingerprint density at radius 3 is 2.48 bits per heavy atom. The molecule has 0 bridgehead atoms. The van der Waals surface area contributed by atoms with E-state index >= 15 is 0 Å². The molecule has 1 saturated carbocycles. The van der Waals surface area contributed by atoms with Gasteiger partial charge in [-0.1, -0.05) is 31.5 Å². The lowest BCUT2D eigenvalue weighted by atomic mass is 9.81. The Bertz CT molecular complexity index is 1410. The van der Waals surface area contributed by atoms with Crippen molar-refractivity contribution < 1.29 is 42.5 Å². The molecule has 4 atom stereocenters. The number of pyridine rings is 1. The van der Waals surface area contributed by atoms with Crippen molar-refractivity contribution >= 4 is 17.8 Å². The van der Waals surface area contributed by atoms with E-state index in [9.17, 15) is 32.7 Å². The van der Waals surface area contributed by atoms with Crippen molar-refractivity contribution in [3.8, 4) is 5.75 Å². The number of para-hydroxylation sites is 1. The number of amides is 2. The molecule has 9 nitrogen and oxygen atoms in total. The Morgan fingerprint density at radius 1 is 1.04 bits per heavy atom. The van der Waals surface area contributed by atoms with Crippen molar-refractivity contribution in [3.63, 3.8) is 0 Å². The molecular formula is C34H42F3N3O6. The number of aliphatic hydroxyl groups is 1. The molecule has 1 aromatic heterocycles. The van der Waals surface area contributed by atoms with Crippen LogP contribution >= 0.6 is 0 Å². The van der Waals surface area contributed by atoms with Gasteiger partial charge in [0, 0.05) is 43.9 Å². The average molecular weight is 646 g/mol. The van der Waals surface area contributed by atoms with E-state index in [1.165, 1.54) is 11.1 Å². The number of carboxylic acids is 1. The first kappa shape index (κ1) is 33.7. The normalized spacial score (nSPS) is 24.9. The van der Waals surface area contributed by atoms with Crippen LogP contribution < -0.4 is 4.74 Å². The van der Waals surface area contributed by atoms with Crippen LogP contribution in [0.25, 0.3) is 0 Å². The number of benzene rings is 1. The predicted molar refractivity (Wildman–Crippen MR) is 162 cm³/mol. The van der Waals surface area contributed by atoms with Crippen LogP contribution in [0.1, 0.15) is 92.7 Å². The Morgan fingerprint density at radius 2 is 1.78 bits per heavy atom. The fraction of sp³-hybridized carbons (Fsp3) is 0.588. The van der Waals surface area contributed by atoms with Crippen molar-refractivity contribution in [2.75, 3.05) is 19.6 Å². The third-order valence-corrected chi connectivity index (χ3v) is 9.80. The number of hydrogen-bond acceptors (Lipinski definition) is 6. The van der Waals surface area contributed by atoms with Gasteiger partial charge in [0.25, 0.3) is 5.91 Å². The Labute approximate surface area is 266 Å². The Kier molecular flexibility index (Phi) is 10.2. The minimum Gasteiger partial charge on any atom is -0.490 e. The molecule has 1 aromatic carbocycles. The highest BCUT2D eigenvalue weighted by molar-refractivity contribution is 5.95. The zero-order valence-electron chi connectivity index (χ0n) is 26.0. The Balaban J connectivity index is 1.27. The molecule has 2 amide bonds. The molecule has 250 valence electrons. The third-order valence-electron chi connectivity index (χ3n) is 9.80. The van der Waals surface area contributed by atoms with Crippen molar-refractivity contribution in [1.82, 2.24) is 14.8 Å². The quantitative estimate of drug-likeness (QED) is 0.362. The minimum atomic E-state index is -4.74. The molecule has 0 unspecified atom stereocenters. The summed E-state index contributed by atoms with van der Waals surface area (Å²) in [7, 11) is 0. The summed E-state index contributed by atoms with van der Waals surface area (Å²) in [6, 6.07) is 8.73. The maximum absolute atomic E-state index is 14.0. The molecule has 46 heavy (non-hydrogen) atoms. The number of alkyl halides is 3. The van der Waals surface area contributed by atoms with E-state index in [4.69, 9.17) is 9.84 Å². The van der Waals surface area contributed by atoms with Crippen LogP contribution in [-0.4, -0.2) is 74.6 Å². The summed E-state index contributed by atoms with van der Waals surface area (Å²) in [5.41, 5.74) is -2.34. The second kappa shape index (κ2) is 14.0. The summed E-state index contributed by atoms with van der Waals surface area (Å²) in [5.74, 6) is -1.74. The monoisotopic (exact) mass is 645 g/mol. The number of aliphatic carboxylic acids is 1. The zero-order chi connectivity index (χ0) is 33.1. The fourth-order valence-corrected chi connectivity index (χ4v) is 7.49. The molecule has 0 spiro atoms. The SMILES string of the molecule is CCC[C@@H]1[C@H](C(=O)N2CCC(O)(c3ccccc3O[C@H]3CC[C@H](CC(=O)O)C3)CC2)CCCN1C(=O)c1ncccc1C(F)(F)F. The molecule has 1 aliphatic carbocycles. The maximum atomic E-state index is 14.0. The summed E-state index contributed by atoms with van der Waals surface area (Å²) in [4.78, 5) is 45.5. The second-order valence-corrected chi connectivity index (χ2v) is 12.9. The van der Waals surface area contributed by atoms with Gasteiger partial charge in [-0.15, -0.1) is 0 Å². The van der Waals surface area contributed by atoms with Gasteiger partial charge < -0.3 is 24.7 Å². The highest BCUT2D eigenvalue weighted by Gasteiger charge is 2.45. The number of halogens is 3. The fourth-order valence-electron chi connectivity index (χ4n) is 7.49. The van der Waals surface area contributed by atoms with E-state index in [-0.39, 0.29) is 56.8 Å². The molecule has 2 N–H and O–H groups in total. The van der Waals surface area contributed by atoms with Crippen LogP contribution in [0.3, 0.4) is 0 Å². The van der Waals surface area contributed by atoms with Gasteiger partial charge in [-0.25, -0.2) is 0 Å². The summed E-state index contributed by atoms with van der Waals surface area (Å²) in [6.07, 6.45) is 1.19. The number of carbonyl (C=O) groups excluding carboxylic acids is 2. The van der Waals surface area contributed by atoms with Crippen molar-refractivity contribution in [1.29, 1.82) is 0 Å². The first-order valence-corrected chi connectivity index (χ1v) is 16.2. The number of aromatic nitrogens is 1. The van der Waals surface area contributed by atoms with Gasteiger partial charge in [-0.05, 0) is 75.5 Å². The molecule has 3 aliphatic rings. The van der Waals surface area contributed by atoms with Gasteiger partial charge in [0.1, 0.15) is 11.4 Å². The molecule has 2 aromatic rings. The number of hydrogen-bond donors (Lipinski definition) is 2. The average Bonchev–Trinajstić information content (AvgIpc) is 3.46. The minimum absolute atomic E-state index is 0.0604. The summed E-state index contributed by atoms with van der Waals surface area (Å²) in [6.45, 7) is 2.71. The van der Waals surface area contributed by atoms with Crippen molar-refractivity contribution in [3.05, 3.63) is 59.4 Å². The first-order valence-electron chi connectivity index (χ1n) is 16.2. The van der Waals surface area contributed by atoms with E-state index in [0.29, 0.717) is 43.4 Å². The van der Waals surface area contributed by atoms with Gasteiger partial charge in [-0.2, -0.15) is 13.2 Å². The summed E-state index contributed by atoms with van der Waals surface area (Å²) < 4.78 is 47.5. The number of carbonyl (C=O) groups is 3. The van der Waals surface area contributed by atoms with Gasteiger partial charge in [0.05, 0.1) is 23.2 Å². The molecule has 5 rings (SSSR count). The van der Waals surface area contributed by atoms with Crippen LogP contribution in [-0.2, 0) is 21.4 Å². The molecule has 2 saturated heterocycles. The number of ether oxygens (including phenoxy) is 1. The molecule has 12 heteroatoms. The number of carboxylic acid groups (broad SMARTS) is 1. The van der Waals surface area contributed by atoms with E-state index in [2.05, 4.69) is 4.98 Å². The molecular weight excluding hydrogens is 603 g/mol. The van der Waals surface area contributed by atoms with Gasteiger partial charge in [-0.3, -0.25) is 19.4 Å². The first-order chi connectivity index (χ1) is 21.9. The lowest BCUT2D eigenvalue weighted by Gasteiger charge is -2.45. The largest absolute Gasteiger partial charge is 0.490 e. The van der Waals surface area contributed by atoms with E-state index < -0.39 is 46.9 Å². The lowest BCUT2D eigenvalue weighted by molar-refractivity contribution is -0.144. The van der Waals surface area contributed by atoms with Crippen molar-refractivity contribution in [2.24, 2.45) is 11.8 Å². The summed E-state index contributed by atoms with van der Waals surface area (Å²) in [5, 5.41) is 20.9. The second-order valence-electron chi connectivity index (χ2n) is 12.9. The Hall–Kier alpha value is -3.67. The van der Waals surface area contributed by atoms with Crippen LogP contribution in [0.5, 0.6) is 5.75 Å². The summed E-state index contributed by atoms with van der Waals surface area (Å²) >= 11 is 0. The highest BCUT2D eigenvalue weighted by Crippen LogP contribution is 2.41. The maximum Gasteiger partial charge on any atom is 0.418 e. The number of likely N-dealkylation sites (tertiary alicyclic amines) is 2. The van der Waals surface area contributed by atoms with Crippen LogP contribution in [0, 0.1) is 11.8 Å². The number of rotatable bonds is 9. The highest BCUT2D eigenvalue weighted by atomic mass is 19.4. The lowest BCUT2D eigenvalue weighted by Crippen LogP contribution is -2.55. The predicted octanol–water partition coefficient (Wildman–Crippen LogP) is 5.65. The molecule has 2 aliphatic heterocycles. The molecule has 3 heterocycles. The van der Waals surface area contributed by atoms with E-state index in [1.54, 1.807) is 4.90 Å². The topological polar surface area (TPSA) is 120 Å².